The summed E-state index contributed by atoms with van der Waals surface area (Å²) in [5.74, 6) is -0.606. The molecule has 0 fully saturated rings. The Hall–Kier alpha value is -1.94. The number of nitrogens with two attached hydrogens (primary N) is 1. The van der Waals surface area contributed by atoms with Gasteiger partial charge in [0.05, 0.1) is 7.11 Å². The first-order valence-corrected chi connectivity index (χ1v) is 5.48. The maximum atomic E-state index is 13.9. The molecule has 0 aliphatic carbocycles. The predicted molar refractivity (Wildman–Crippen MR) is 66.2 cm³/mol. The van der Waals surface area contributed by atoms with E-state index in [9.17, 15) is 8.78 Å². The van der Waals surface area contributed by atoms with Crippen LogP contribution in [-0.2, 0) is 6.54 Å². The molecule has 0 aromatic heterocycles. The number of hydrogen-bond donors (Lipinski definition) is 1. The van der Waals surface area contributed by atoms with Gasteiger partial charge in [0.25, 0.3) is 0 Å². The molecule has 2 aromatic rings. The van der Waals surface area contributed by atoms with Crippen molar-refractivity contribution in [3.63, 3.8) is 0 Å². The molecule has 2 N–H and O–H groups in total. The monoisotopic (exact) mass is 249 g/mol. The van der Waals surface area contributed by atoms with Gasteiger partial charge in [-0.05, 0) is 29.8 Å². The third kappa shape index (κ3) is 2.33. The van der Waals surface area contributed by atoms with Crippen LogP contribution in [0.3, 0.4) is 0 Å². The van der Waals surface area contributed by atoms with Gasteiger partial charge in [-0.3, -0.25) is 0 Å². The third-order valence-electron chi connectivity index (χ3n) is 2.73. The van der Waals surface area contributed by atoms with Crippen molar-refractivity contribution in [3.8, 4) is 16.9 Å². The highest BCUT2D eigenvalue weighted by Gasteiger charge is 2.11. The Morgan fingerprint density at radius 2 is 1.78 bits per heavy atom. The van der Waals surface area contributed by atoms with Crippen LogP contribution in [0.25, 0.3) is 11.1 Å². The van der Waals surface area contributed by atoms with E-state index in [4.69, 9.17) is 10.5 Å². The summed E-state index contributed by atoms with van der Waals surface area (Å²) in [5.41, 5.74) is 6.65. The van der Waals surface area contributed by atoms with E-state index in [0.29, 0.717) is 5.75 Å². The second kappa shape index (κ2) is 5.14. The molecule has 0 aliphatic heterocycles. The van der Waals surface area contributed by atoms with Crippen LogP contribution in [0.1, 0.15) is 5.56 Å². The number of methoxy groups -OCH3 is 1. The average molecular weight is 249 g/mol. The van der Waals surface area contributed by atoms with Crippen LogP contribution in [0.5, 0.6) is 5.75 Å². The van der Waals surface area contributed by atoms with Gasteiger partial charge in [0.1, 0.15) is 17.4 Å². The van der Waals surface area contributed by atoms with Gasteiger partial charge in [-0.15, -0.1) is 0 Å². The Labute approximate surface area is 104 Å². The molecule has 0 radical (unpaired) electrons. The zero-order valence-corrected chi connectivity index (χ0v) is 9.91. The van der Waals surface area contributed by atoms with E-state index in [-0.39, 0.29) is 17.7 Å². The van der Waals surface area contributed by atoms with Gasteiger partial charge in [-0.1, -0.05) is 6.07 Å². The standard InChI is InChI=1S/C14H13F2NO/c1-18-10-3-4-11(14(16)7-10)12-6-9(8-17)2-5-13(12)15/h2-7H,8,17H2,1H3. The van der Waals surface area contributed by atoms with Crippen molar-refractivity contribution in [3.05, 3.63) is 53.6 Å². The van der Waals surface area contributed by atoms with Gasteiger partial charge in [-0.25, -0.2) is 8.78 Å². The summed E-state index contributed by atoms with van der Waals surface area (Å²) in [5, 5.41) is 0. The Kier molecular flexibility index (Phi) is 3.58. The summed E-state index contributed by atoms with van der Waals surface area (Å²) in [6.45, 7) is 0.283. The Morgan fingerprint density at radius 1 is 1.00 bits per heavy atom. The van der Waals surface area contributed by atoms with Crippen LogP contribution < -0.4 is 10.5 Å². The lowest BCUT2D eigenvalue weighted by molar-refractivity contribution is 0.411. The first-order valence-electron chi connectivity index (χ1n) is 5.48. The zero-order chi connectivity index (χ0) is 13.1. The maximum absolute atomic E-state index is 13.9. The number of halogens is 2. The molecule has 0 unspecified atom stereocenters. The van der Waals surface area contributed by atoms with Crippen LogP contribution in [0.4, 0.5) is 8.78 Å². The lowest BCUT2D eigenvalue weighted by Crippen LogP contribution is -1.98. The number of ether oxygens (including phenoxy) is 1. The molecule has 0 saturated heterocycles. The van der Waals surface area contributed by atoms with Gasteiger partial charge in [0.2, 0.25) is 0 Å². The Morgan fingerprint density at radius 3 is 2.39 bits per heavy atom. The van der Waals surface area contributed by atoms with E-state index in [1.54, 1.807) is 18.2 Å². The third-order valence-corrected chi connectivity index (χ3v) is 2.73. The van der Waals surface area contributed by atoms with E-state index in [2.05, 4.69) is 0 Å². The molecule has 0 saturated carbocycles. The fourth-order valence-electron chi connectivity index (χ4n) is 1.75. The minimum absolute atomic E-state index is 0.198. The summed E-state index contributed by atoms with van der Waals surface area (Å²) in [6, 6.07) is 8.74. The first kappa shape index (κ1) is 12.5. The van der Waals surface area contributed by atoms with Crippen LogP contribution in [-0.4, -0.2) is 7.11 Å². The van der Waals surface area contributed by atoms with Crippen molar-refractivity contribution in [2.24, 2.45) is 5.73 Å². The summed E-state index contributed by atoms with van der Waals surface area (Å²) in [7, 11) is 1.45. The maximum Gasteiger partial charge on any atom is 0.134 e. The molecule has 0 amide bonds. The molecule has 94 valence electrons. The lowest BCUT2D eigenvalue weighted by Gasteiger charge is -2.08. The van der Waals surface area contributed by atoms with Crippen LogP contribution in [0, 0.1) is 11.6 Å². The highest BCUT2D eigenvalue weighted by Crippen LogP contribution is 2.29. The predicted octanol–water partition coefficient (Wildman–Crippen LogP) is 3.10. The molecular weight excluding hydrogens is 236 g/mol. The SMILES string of the molecule is COc1ccc(-c2cc(CN)ccc2F)c(F)c1. The van der Waals surface area contributed by atoms with Crippen molar-refractivity contribution in [2.45, 2.75) is 6.54 Å². The van der Waals surface area contributed by atoms with Gasteiger partial charge >= 0.3 is 0 Å². The van der Waals surface area contributed by atoms with E-state index in [1.807, 2.05) is 0 Å². The molecule has 2 aromatic carbocycles. The first-order chi connectivity index (χ1) is 8.65. The zero-order valence-electron chi connectivity index (χ0n) is 9.91. The van der Waals surface area contributed by atoms with Crippen molar-refractivity contribution in [1.82, 2.24) is 0 Å². The largest absolute Gasteiger partial charge is 0.497 e. The summed E-state index contributed by atoms with van der Waals surface area (Å²) < 4.78 is 32.5. The fourth-order valence-corrected chi connectivity index (χ4v) is 1.75. The van der Waals surface area contributed by atoms with Crippen LogP contribution in [0.15, 0.2) is 36.4 Å². The van der Waals surface area contributed by atoms with E-state index >= 15 is 0 Å². The lowest BCUT2D eigenvalue weighted by atomic mass is 10.0. The normalized spacial score (nSPS) is 10.4. The molecule has 0 atom stereocenters. The summed E-state index contributed by atoms with van der Waals surface area (Å²) >= 11 is 0. The fraction of sp³-hybridized carbons (Fsp3) is 0.143. The minimum Gasteiger partial charge on any atom is -0.497 e. The molecule has 0 spiro atoms. The molecule has 0 bridgehead atoms. The molecule has 4 heteroatoms. The summed E-state index contributed by atoms with van der Waals surface area (Å²) in [6.07, 6.45) is 0. The van der Waals surface area contributed by atoms with Gasteiger partial charge in [0, 0.05) is 23.7 Å². The molecule has 2 rings (SSSR count). The molecule has 2 nitrogen and oxygen atoms in total. The molecule has 0 heterocycles. The second-order valence-electron chi connectivity index (χ2n) is 3.86. The van der Waals surface area contributed by atoms with Gasteiger partial charge < -0.3 is 10.5 Å². The molecular formula is C14H13F2NO. The van der Waals surface area contributed by atoms with Crippen molar-refractivity contribution < 1.29 is 13.5 Å². The Bertz CT molecular complexity index is 570. The minimum atomic E-state index is -0.526. The van der Waals surface area contributed by atoms with Crippen LogP contribution >= 0.6 is 0 Å². The molecule has 0 aliphatic rings. The van der Waals surface area contributed by atoms with Crippen molar-refractivity contribution in [1.29, 1.82) is 0 Å². The van der Waals surface area contributed by atoms with Crippen molar-refractivity contribution in [2.75, 3.05) is 7.11 Å². The quantitative estimate of drug-likeness (QED) is 0.907. The van der Waals surface area contributed by atoms with Gasteiger partial charge in [-0.2, -0.15) is 0 Å². The highest BCUT2D eigenvalue weighted by atomic mass is 19.1. The van der Waals surface area contributed by atoms with Crippen LogP contribution in [0.2, 0.25) is 0 Å². The number of benzene rings is 2. The number of hydrogen-bond acceptors (Lipinski definition) is 2. The van der Waals surface area contributed by atoms with E-state index in [1.165, 1.54) is 25.3 Å². The second-order valence-corrected chi connectivity index (χ2v) is 3.86. The highest BCUT2D eigenvalue weighted by molar-refractivity contribution is 5.66. The molecule has 18 heavy (non-hydrogen) atoms. The number of rotatable bonds is 3. The topological polar surface area (TPSA) is 35.2 Å². The van der Waals surface area contributed by atoms with Crippen molar-refractivity contribution >= 4 is 0 Å². The smallest absolute Gasteiger partial charge is 0.134 e. The summed E-state index contributed by atoms with van der Waals surface area (Å²) in [4.78, 5) is 0. The van der Waals surface area contributed by atoms with Gasteiger partial charge in [0.15, 0.2) is 0 Å². The van der Waals surface area contributed by atoms with E-state index < -0.39 is 11.6 Å². The van der Waals surface area contributed by atoms with E-state index in [0.717, 1.165) is 5.56 Å². The Balaban J connectivity index is 2.54. The average Bonchev–Trinajstić information content (AvgIpc) is 2.39.